The summed E-state index contributed by atoms with van der Waals surface area (Å²) in [5, 5.41) is 3.69. The van der Waals surface area contributed by atoms with E-state index in [1.807, 2.05) is 17.4 Å². The Labute approximate surface area is 239 Å². The highest BCUT2D eigenvalue weighted by atomic mass is 32.1. The largest absolute Gasteiger partial charge is 0.208 e. The second-order valence-electron chi connectivity index (χ2n) is 9.71. The number of hydrogen-bond acceptors (Lipinski definition) is 5. The second kappa shape index (κ2) is 9.49. The molecular formula is C35H21N3S2. The molecule has 8 aromatic rings. The highest BCUT2D eigenvalue weighted by Crippen LogP contribution is 2.37. The van der Waals surface area contributed by atoms with Crippen molar-refractivity contribution in [3.8, 4) is 44.6 Å². The Morgan fingerprint density at radius 1 is 0.375 bits per heavy atom. The average Bonchev–Trinajstić information content (AvgIpc) is 3.63. The van der Waals surface area contributed by atoms with Gasteiger partial charge in [-0.15, -0.1) is 22.7 Å². The van der Waals surface area contributed by atoms with Crippen LogP contribution in [0, 0.1) is 0 Å². The van der Waals surface area contributed by atoms with Crippen LogP contribution in [0.25, 0.3) is 74.9 Å². The minimum Gasteiger partial charge on any atom is -0.208 e. The van der Waals surface area contributed by atoms with Crippen molar-refractivity contribution < 1.29 is 0 Å². The van der Waals surface area contributed by atoms with Crippen LogP contribution in [0.5, 0.6) is 0 Å². The first kappa shape index (κ1) is 23.2. The monoisotopic (exact) mass is 547 g/mol. The molecule has 0 aliphatic carbocycles. The Kier molecular flexibility index (Phi) is 5.50. The fourth-order valence-corrected chi connectivity index (χ4v) is 7.25. The molecule has 0 atom stereocenters. The molecule has 3 heterocycles. The molecule has 0 saturated heterocycles. The zero-order valence-electron chi connectivity index (χ0n) is 21.3. The van der Waals surface area contributed by atoms with Gasteiger partial charge in [0.2, 0.25) is 0 Å². The number of rotatable bonds is 4. The van der Waals surface area contributed by atoms with Gasteiger partial charge in [0.15, 0.2) is 17.5 Å². The van der Waals surface area contributed by atoms with Gasteiger partial charge in [0.1, 0.15) is 0 Å². The van der Waals surface area contributed by atoms with Crippen LogP contribution >= 0.6 is 22.7 Å². The zero-order chi connectivity index (χ0) is 26.5. The lowest BCUT2D eigenvalue weighted by Crippen LogP contribution is -1.99. The van der Waals surface area contributed by atoms with Crippen molar-refractivity contribution >= 4 is 52.9 Å². The smallest absolute Gasteiger partial charge is 0.174 e. The fraction of sp³-hybridized carbons (Fsp3) is 0. The van der Waals surface area contributed by atoms with E-state index in [1.165, 1.54) is 30.3 Å². The molecule has 188 valence electrons. The van der Waals surface area contributed by atoms with E-state index in [9.17, 15) is 0 Å². The van der Waals surface area contributed by atoms with Gasteiger partial charge in [0, 0.05) is 36.0 Å². The van der Waals surface area contributed by atoms with Crippen molar-refractivity contribution in [2.75, 3.05) is 0 Å². The van der Waals surface area contributed by atoms with Gasteiger partial charge in [-0.05, 0) is 59.0 Å². The van der Waals surface area contributed by atoms with E-state index in [0.29, 0.717) is 17.5 Å². The van der Waals surface area contributed by atoms with Crippen molar-refractivity contribution in [2.24, 2.45) is 0 Å². The molecule has 3 aromatic heterocycles. The molecule has 0 aliphatic heterocycles. The maximum Gasteiger partial charge on any atom is 0.174 e. The topological polar surface area (TPSA) is 38.7 Å². The first-order valence-electron chi connectivity index (χ1n) is 13.1. The van der Waals surface area contributed by atoms with Gasteiger partial charge < -0.3 is 0 Å². The van der Waals surface area contributed by atoms with Crippen LogP contribution in [0.4, 0.5) is 0 Å². The van der Waals surface area contributed by atoms with Crippen LogP contribution in [0.15, 0.2) is 127 Å². The summed E-state index contributed by atoms with van der Waals surface area (Å²) in [5.74, 6) is 2.05. The minimum absolute atomic E-state index is 0.672. The Morgan fingerprint density at radius 3 is 1.88 bits per heavy atom. The number of thiophene rings is 2. The lowest BCUT2D eigenvalue weighted by molar-refractivity contribution is 1.08. The molecule has 8 rings (SSSR count). The third kappa shape index (κ3) is 4.08. The summed E-state index contributed by atoms with van der Waals surface area (Å²) < 4.78 is 3.77. The molecule has 0 saturated carbocycles. The summed E-state index contributed by atoms with van der Waals surface area (Å²) in [6, 6.07) is 44.6. The quantitative estimate of drug-likeness (QED) is 0.220. The molecule has 0 amide bonds. The highest BCUT2D eigenvalue weighted by molar-refractivity contribution is 7.25. The third-order valence-electron chi connectivity index (χ3n) is 7.14. The predicted octanol–water partition coefficient (Wildman–Crippen LogP) is 10.1. The molecule has 5 heteroatoms. The van der Waals surface area contributed by atoms with Crippen molar-refractivity contribution in [1.82, 2.24) is 15.0 Å². The van der Waals surface area contributed by atoms with Gasteiger partial charge in [-0.3, -0.25) is 0 Å². The first-order chi connectivity index (χ1) is 19.8. The highest BCUT2D eigenvalue weighted by Gasteiger charge is 2.16. The maximum atomic E-state index is 5.05. The number of hydrogen-bond donors (Lipinski definition) is 0. The SMILES string of the molecule is c1ccc(-c2cccc(-c3nc(-c4ccc5sc6ccccc6c5c4)nc(-c4cc5ccccc5s4)n3)c2)cc1. The van der Waals surface area contributed by atoms with Crippen LogP contribution in [0.1, 0.15) is 0 Å². The van der Waals surface area contributed by atoms with Gasteiger partial charge in [0.05, 0.1) is 4.88 Å². The van der Waals surface area contributed by atoms with Gasteiger partial charge in [-0.25, -0.2) is 15.0 Å². The van der Waals surface area contributed by atoms with E-state index in [2.05, 4.69) is 121 Å². The van der Waals surface area contributed by atoms with Crippen LogP contribution in [0.3, 0.4) is 0 Å². The number of fused-ring (bicyclic) bond motifs is 4. The zero-order valence-corrected chi connectivity index (χ0v) is 22.9. The van der Waals surface area contributed by atoms with E-state index in [-0.39, 0.29) is 0 Å². The third-order valence-corrected chi connectivity index (χ3v) is 9.41. The molecule has 0 bridgehead atoms. The summed E-state index contributed by atoms with van der Waals surface area (Å²) in [6.45, 7) is 0. The molecule has 0 radical (unpaired) electrons. The fourth-order valence-electron chi connectivity index (χ4n) is 5.17. The molecule has 40 heavy (non-hydrogen) atoms. The number of benzene rings is 5. The molecule has 0 aliphatic rings. The number of nitrogens with zero attached hydrogens (tertiary/aromatic N) is 3. The summed E-state index contributed by atoms with van der Waals surface area (Å²) in [5.41, 5.74) is 4.25. The van der Waals surface area contributed by atoms with E-state index >= 15 is 0 Å². The summed E-state index contributed by atoms with van der Waals surface area (Å²) in [6.07, 6.45) is 0. The van der Waals surface area contributed by atoms with Crippen LogP contribution in [-0.4, -0.2) is 15.0 Å². The van der Waals surface area contributed by atoms with Crippen LogP contribution in [-0.2, 0) is 0 Å². The predicted molar refractivity (Wildman–Crippen MR) is 170 cm³/mol. The molecule has 5 aromatic carbocycles. The summed E-state index contributed by atoms with van der Waals surface area (Å²) in [4.78, 5) is 16.1. The minimum atomic E-state index is 0.672. The Morgan fingerprint density at radius 2 is 1.02 bits per heavy atom. The van der Waals surface area contributed by atoms with E-state index in [0.717, 1.165) is 27.1 Å². The van der Waals surface area contributed by atoms with Gasteiger partial charge in [-0.2, -0.15) is 0 Å². The summed E-state index contributed by atoms with van der Waals surface area (Å²) >= 11 is 3.53. The van der Waals surface area contributed by atoms with Gasteiger partial charge >= 0.3 is 0 Å². The average molecular weight is 548 g/mol. The van der Waals surface area contributed by atoms with Crippen LogP contribution in [0.2, 0.25) is 0 Å². The maximum absolute atomic E-state index is 5.05. The summed E-state index contributed by atoms with van der Waals surface area (Å²) in [7, 11) is 0. The molecule has 0 N–H and O–H groups in total. The second-order valence-corrected chi connectivity index (χ2v) is 11.9. The van der Waals surface area contributed by atoms with E-state index in [4.69, 9.17) is 15.0 Å². The van der Waals surface area contributed by atoms with Crippen LogP contribution < -0.4 is 0 Å². The van der Waals surface area contributed by atoms with Crippen molar-refractivity contribution in [2.45, 2.75) is 0 Å². The standard InChI is InChI=1S/C35H21N3S2/c1-2-9-22(10-3-1)23-12-8-13-25(19-23)33-36-34(38-35(37-33)32-21-24-11-4-6-15-29(24)39-32)26-17-18-31-28(20-26)27-14-5-7-16-30(27)40-31/h1-21H. The number of aromatic nitrogens is 3. The normalized spacial score (nSPS) is 11.5. The first-order valence-corrected chi connectivity index (χ1v) is 14.7. The van der Waals surface area contributed by atoms with Crippen molar-refractivity contribution in [3.63, 3.8) is 0 Å². The van der Waals surface area contributed by atoms with Crippen molar-refractivity contribution in [3.05, 3.63) is 127 Å². The Balaban J connectivity index is 1.33. The Hall–Kier alpha value is -4.71. The van der Waals surface area contributed by atoms with Crippen molar-refractivity contribution in [1.29, 1.82) is 0 Å². The van der Waals surface area contributed by atoms with E-state index in [1.54, 1.807) is 11.3 Å². The lowest BCUT2D eigenvalue weighted by atomic mass is 10.0. The Bertz CT molecular complexity index is 2140. The van der Waals surface area contributed by atoms with Gasteiger partial charge in [0.25, 0.3) is 0 Å². The molecular weight excluding hydrogens is 527 g/mol. The molecule has 3 nitrogen and oxygen atoms in total. The van der Waals surface area contributed by atoms with Gasteiger partial charge in [-0.1, -0.05) is 84.9 Å². The molecule has 0 unspecified atom stereocenters. The molecule has 0 fully saturated rings. The molecule has 0 spiro atoms. The lowest BCUT2D eigenvalue weighted by Gasteiger charge is -2.09. The van der Waals surface area contributed by atoms with E-state index < -0.39 is 0 Å².